The lowest BCUT2D eigenvalue weighted by molar-refractivity contribution is 0.0693. The third-order valence-corrected chi connectivity index (χ3v) is 6.04. The molecule has 4 aromatic carbocycles. The molecule has 0 aliphatic rings. The molecule has 0 spiro atoms. The van der Waals surface area contributed by atoms with Gasteiger partial charge in [-0.2, -0.15) is 0 Å². The fourth-order valence-electron chi connectivity index (χ4n) is 3.95. The van der Waals surface area contributed by atoms with E-state index in [4.69, 9.17) is 26.1 Å². The van der Waals surface area contributed by atoms with E-state index in [1.165, 1.54) is 36.4 Å². The number of para-hydroxylation sites is 3. The SMILES string of the molecule is O=C(OC(=Cc1nc2ccccc2n1CCOc1ccccc1Cl)c1cccc(F)c1)c1cccc(F)c1. The Morgan fingerprint density at radius 2 is 1.55 bits per heavy atom. The van der Waals surface area contributed by atoms with E-state index in [9.17, 15) is 13.6 Å². The molecule has 5 nitrogen and oxygen atoms in total. The molecule has 0 aliphatic heterocycles. The molecule has 38 heavy (non-hydrogen) atoms. The lowest BCUT2D eigenvalue weighted by atomic mass is 10.1. The number of esters is 1. The van der Waals surface area contributed by atoms with Crippen molar-refractivity contribution in [3.05, 3.63) is 131 Å². The summed E-state index contributed by atoms with van der Waals surface area (Å²) in [6.45, 7) is 0.676. The van der Waals surface area contributed by atoms with Crippen molar-refractivity contribution in [2.24, 2.45) is 0 Å². The summed E-state index contributed by atoms with van der Waals surface area (Å²) in [6, 6.07) is 25.5. The zero-order valence-corrected chi connectivity index (χ0v) is 20.7. The van der Waals surface area contributed by atoms with Gasteiger partial charge in [-0.3, -0.25) is 0 Å². The molecule has 0 bridgehead atoms. The van der Waals surface area contributed by atoms with E-state index >= 15 is 0 Å². The fourth-order valence-corrected chi connectivity index (χ4v) is 4.14. The highest BCUT2D eigenvalue weighted by atomic mass is 35.5. The summed E-state index contributed by atoms with van der Waals surface area (Å²) < 4.78 is 41.3. The molecular formula is C30H21ClF2N2O3. The Kier molecular flexibility index (Phi) is 7.47. The highest BCUT2D eigenvalue weighted by Crippen LogP contribution is 2.26. The summed E-state index contributed by atoms with van der Waals surface area (Å²) in [6.07, 6.45) is 1.56. The van der Waals surface area contributed by atoms with Gasteiger partial charge in [-0.15, -0.1) is 0 Å². The molecular weight excluding hydrogens is 510 g/mol. The largest absolute Gasteiger partial charge is 0.490 e. The third-order valence-electron chi connectivity index (χ3n) is 5.73. The molecule has 0 unspecified atom stereocenters. The number of benzene rings is 4. The van der Waals surface area contributed by atoms with Crippen molar-refractivity contribution >= 4 is 40.4 Å². The number of carbonyl (C=O) groups excluding carboxylic acids is 1. The maximum Gasteiger partial charge on any atom is 0.343 e. The minimum atomic E-state index is -0.787. The van der Waals surface area contributed by atoms with Crippen LogP contribution in [-0.2, 0) is 11.3 Å². The molecule has 0 amide bonds. The van der Waals surface area contributed by atoms with Crippen LogP contribution in [0.3, 0.4) is 0 Å². The smallest absolute Gasteiger partial charge is 0.343 e. The molecule has 8 heteroatoms. The molecule has 5 rings (SSSR count). The molecule has 0 aliphatic carbocycles. The average Bonchev–Trinajstić information content (AvgIpc) is 3.26. The van der Waals surface area contributed by atoms with Crippen molar-refractivity contribution in [1.29, 1.82) is 0 Å². The van der Waals surface area contributed by atoms with Crippen LogP contribution < -0.4 is 4.74 Å². The number of halogens is 3. The average molecular weight is 531 g/mol. The predicted octanol–water partition coefficient (Wildman–Crippen LogP) is 7.40. The first-order valence-corrected chi connectivity index (χ1v) is 12.1. The van der Waals surface area contributed by atoms with Crippen LogP contribution in [0.4, 0.5) is 8.78 Å². The summed E-state index contributed by atoms with van der Waals surface area (Å²) >= 11 is 6.21. The second-order valence-electron chi connectivity index (χ2n) is 8.31. The number of nitrogens with zero attached hydrogens (tertiary/aromatic N) is 2. The number of carbonyl (C=O) groups is 1. The minimum absolute atomic E-state index is 0.0222. The van der Waals surface area contributed by atoms with E-state index in [2.05, 4.69) is 0 Å². The zero-order chi connectivity index (χ0) is 26.5. The molecule has 0 saturated heterocycles. The lowest BCUT2D eigenvalue weighted by Crippen LogP contribution is -2.11. The van der Waals surface area contributed by atoms with Gasteiger partial charge in [0.1, 0.15) is 35.6 Å². The fraction of sp³-hybridized carbons (Fsp3) is 0.0667. The van der Waals surface area contributed by atoms with E-state index < -0.39 is 17.6 Å². The molecule has 0 atom stereocenters. The summed E-state index contributed by atoms with van der Waals surface area (Å²) in [5.41, 5.74) is 1.89. The maximum atomic E-state index is 14.1. The molecule has 1 aromatic heterocycles. The Labute approximate surface area is 222 Å². The van der Waals surface area contributed by atoms with Crippen LogP contribution in [0.5, 0.6) is 5.75 Å². The first-order chi connectivity index (χ1) is 18.5. The topological polar surface area (TPSA) is 53.3 Å². The number of imidazole rings is 1. The quantitative estimate of drug-likeness (QED) is 0.155. The summed E-state index contributed by atoms with van der Waals surface area (Å²) in [5.74, 6) is -0.791. The normalized spacial score (nSPS) is 11.5. The lowest BCUT2D eigenvalue weighted by Gasteiger charge is -2.12. The first kappa shape index (κ1) is 25.2. The van der Waals surface area contributed by atoms with E-state index in [0.29, 0.717) is 34.2 Å². The van der Waals surface area contributed by atoms with Gasteiger partial charge in [-0.25, -0.2) is 18.6 Å². The minimum Gasteiger partial charge on any atom is -0.490 e. The number of hydrogen-bond donors (Lipinski definition) is 0. The molecule has 190 valence electrons. The van der Waals surface area contributed by atoms with Crippen LogP contribution in [0.1, 0.15) is 21.7 Å². The number of rotatable bonds is 8. The number of aromatic nitrogens is 2. The van der Waals surface area contributed by atoms with Gasteiger partial charge in [0.15, 0.2) is 0 Å². The van der Waals surface area contributed by atoms with Crippen LogP contribution in [0, 0.1) is 11.6 Å². The van der Waals surface area contributed by atoms with Crippen LogP contribution in [0.25, 0.3) is 22.9 Å². The predicted molar refractivity (Wildman–Crippen MR) is 143 cm³/mol. The van der Waals surface area contributed by atoms with Crippen molar-refractivity contribution in [3.8, 4) is 5.75 Å². The van der Waals surface area contributed by atoms with Gasteiger partial charge < -0.3 is 14.0 Å². The van der Waals surface area contributed by atoms with Gasteiger partial charge >= 0.3 is 5.97 Å². The Bertz CT molecular complexity index is 1650. The Morgan fingerprint density at radius 3 is 2.32 bits per heavy atom. The van der Waals surface area contributed by atoms with Gasteiger partial charge in [0.2, 0.25) is 0 Å². The molecule has 1 heterocycles. The van der Waals surface area contributed by atoms with Gasteiger partial charge in [-0.1, -0.05) is 54.1 Å². The van der Waals surface area contributed by atoms with Gasteiger partial charge in [-0.05, 0) is 54.6 Å². The second kappa shape index (κ2) is 11.3. The van der Waals surface area contributed by atoms with Crippen LogP contribution >= 0.6 is 11.6 Å². The van der Waals surface area contributed by atoms with Crippen LogP contribution in [0.15, 0.2) is 97.1 Å². The summed E-state index contributed by atoms with van der Waals surface area (Å²) in [7, 11) is 0. The number of fused-ring (bicyclic) bond motifs is 1. The zero-order valence-electron chi connectivity index (χ0n) is 20.0. The Morgan fingerprint density at radius 1 is 0.868 bits per heavy atom. The monoisotopic (exact) mass is 530 g/mol. The van der Waals surface area contributed by atoms with Gasteiger partial charge in [0.05, 0.1) is 28.2 Å². The van der Waals surface area contributed by atoms with Crippen molar-refractivity contribution < 1.29 is 23.0 Å². The van der Waals surface area contributed by atoms with Crippen LogP contribution in [-0.4, -0.2) is 22.1 Å². The number of ether oxygens (including phenoxy) is 2. The molecule has 5 aromatic rings. The van der Waals surface area contributed by atoms with E-state index in [1.807, 2.05) is 41.0 Å². The molecule has 0 saturated carbocycles. The van der Waals surface area contributed by atoms with Crippen molar-refractivity contribution in [3.63, 3.8) is 0 Å². The molecule has 0 radical (unpaired) electrons. The van der Waals surface area contributed by atoms with E-state index in [-0.39, 0.29) is 17.9 Å². The van der Waals surface area contributed by atoms with Crippen molar-refractivity contribution in [1.82, 2.24) is 9.55 Å². The summed E-state index contributed by atoms with van der Waals surface area (Å²) in [4.78, 5) is 17.6. The first-order valence-electron chi connectivity index (χ1n) is 11.8. The van der Waals surface area contributed by atoms with E-state index in [0.717, 1.165) is 11.6 Å². The molecule has 0 fully saturated rings. The Hall–Kier alpha value is -4.49. The standard InChI is InChI=1S/C30H21ClF2N2O3/c31-24-11-1-4-14-27(24)37-16-15-35-26-13-3-2-12-25(26)34-29(35)19-28(20-7-5-9-22(32)17-20)38-30(36)21-8-6-10-23(33)18-21/h1-14,17-19H,15-16H2. The number of hydrogen-bond acceptors (Lipinski definition) is 4. The Balaban J connectivity index is 1.52. The highest BCUT2D eigenvalue weighted by molar-refractivity contribution is 6.32. The van der Waals surface area contributed by atoms with Gasteiger partial charge in [0, 0.05) is 11.6 Å². The summed E-state index contributed by atoms with van der Waals surface area (Å²) in [5, 5.41) is 0.501. The molecule has 0 N–H and O–H groups in total. The van der Waals surface area contributed by atoms with Crippen LogP contribution in [0.2, 0.25) is 5.02 Å². The van der Waals surface area contributed by atoms with E-state index in [1.54, 1.807) is 24.3 Å². The highest BCUT2D eigenvalue weighted by Gasteiger charge is 2.17. The second-order valence-corrected chi connectivity index (χ2v) is 8.72. The van der Waals surface area contributed by atoms with Crippen molar-refractivity contribution in [2.45, 2.75) is 6.54 Å². The van der Waals surface area contributed by atoms with Crippen molar-refractivity contribution in [2.75, 3.05) is 6.61 Å². The van der Waals surface area contributed by atoms with Gasteiger partial charge in [0.25, 0.3) is 0 Å². The third kappa shape index (κ3) is 5.74. The maximum absolute atomic E-state index is 14.1.